The largest absolute Gasteiger partial charge is 0.340 e. The van der Waals surface area contributed by atoms with Gasteiger partial charge in [0, 0.05) is 18.3 Å². The first-order chi connectivity index (χ1) is 12.0. The number of thioether (sulfide) groups is 1. The van der Waals surface area contributed by atoms with Gasteiger partial charge in [-0.3, -0.25) is 9.59 Å². The first-order valence-corrected chi connectivity index (χ1v) is 9.61. The molecule has 0 radical (unpaired) electrons. The van der Waals surface area contributed by atoms with Gasteiger partial charge in [0.25, 0.3) is 5.91 Å². The Hall–Kier alpha value is -2.27. The second-order valence-corrected chi connectivity index (χ2v) is 6.90. The normalized spacial score (nSPS) is 11.6. The summed E-state index contributed by atoms with van der Waals surface area (Å²) in [5.74, 6) is 0.471. The van der Waals surface area contributed by atoms with E-state index in [2.05, 4.69) is 5.32 Å². The van der Waals surface area contributed by atoms with Gasteiger partial charge in [-0.05, 0) is 49.6 Å². The molecule has 0 bridgehead atoms. The molecule has 0 fully saturated rings. The smallest absolute Gasteiger partial charge is 0.251 e. The number of nitrogens with zero attached hydrogens (tertiary/aromatic N) is 1. The molecule has 0 heterocycles. The Labute approximate surface area is 153 Å². The van der Waals surface area contributed by atoms with Crippen LogP contribution in [-0.2, 0) is 4.79 Å². The number of carbonyl (C=O) groups is 2. The van der Waals surface area contributed by atoms with Crippen molar-refractivity contribution in [3.05, 3.63) is 65.7 Å². The van der Waals surface area contributed by atoms with Crippen molar-refractivity contribution in [3.63, 3.8) is 0 Å². The number of likely N-dealkylation sites (N-methyl/N-ethyl adjacent to an activating group) is 1. The van der Waals surface area contributed by atoms with Gasteiger partial charge in [0.2, 0.25) is 5.91 Å². The Balaban J connectivity index is 2.14. The predicted octanol–water partition coefficient (Wildman–Crippen LogP) is 3.51. The van der Waals surface area contributed by atoms with E-state index in [0.717, 1.165) is 17.0 Å². The Morgan fingerprint density at radius 2 is 1.84 bits per heavy atom. The zero-order chi connectivity index (χ0) is 18.2. The molecule has 0 saturated carbocycles. The van der Waals surface area contributed by atoms with Crippen LogP contribution in [0.3, 0.4) is 0 Å². The lowest BCUT2D eigenvalue weighted by Crippen LogP contribution is -2.47. The van der Waals surface area contributed by atoms with Crippen molar-refractivity contribution < 1.29 is 9.59 Å². The minimum atomic E-state index is -0.550. The maximum absolute atomic E-state index is 12.9. The topological polar surface area (TPSA) is 49.4 Å². The molecule has 2 rings (SSSR count). The van der Waals surface area contributed by atoms with E-state index in [1.807, 2.05) is 61.7 Å². The van der Waals surface area contributed by atoms with Crippen LogP contribution in [0, 0.1) is 6.92 Å². The van der Waals surface area contributed by atoms with Crippen LogP contribution in [0.2, 0.25) is 0 Å². The third-order valence-electron chi connectivity index (χ3n) is 3.97. The predicted molar refractivity (Wildman–Crippen MR) is 105 cm³/mol. The van der Waals surface area contributed by atoms with E-state index in [1.54, 1.807) is 29.8 Å². The van der Waals surface area contributed by atoms with Gasteiger partial charge in [0.05, 0.1) is 0 Å². The average Bonchev–Trinajstić information content (AvgIpc) is 2.64. The molecule has 0 aliphatic heterocycles. The second kappa shape index (κ2) is 9.28. The Morgan fingerprint density at radius 3 is 2.48 bits per heavy atom. The van der Waals surface area contributed by atoms with Crippen molar-refractivity contribution in [2.45, 2.75) is 19.4 Å². The standard InChI is InChI=1S/C20H24N2O2S/c1-15-8-7-9-16(14-15)19(23)21-18(12-13-25-3)20(24)22(2)17-10-5-4-6-11-17/h4-11,14,18H,12-13H2,1-3H3,(H,21,23)/t18-/m1/s1. The van der Waals surface area contributed by atoms with Crippen molar-refractivity contribution >= 4 is 29.3 Å². The molecule has 132 valence electrons. The highest BCUT2D eigenvalue weighted by Gasteiger charge is 2.24. The maximum Gasteiger partial charge on any atom is 0.251 e. The lowest BCUT2D eigenvalue weighted by molar-refractivity contribution is -0.120. The number of nitrogens with one attached hydrogen (secondary N) is 1. The molecule has 4 nitrogen and oxygen atoms in total. The molecular formula is C20H24N2O2S. The number of para-hydroxylation sites is 1. The van der Waals surface area contributed by atoms with Gasteiger partial charge in [-0.2, -0.15) is 11.8 Å². The van der Waals surface area contributed by atoms with Crippen molar-refractivity contribution in [2.24, 2.45) is 0 Å². The van der Waals surface area contributed by atoms with Gasteiger partial charge < -0.3 is 10.2 Å². The zero-order valence-corrected chi connectivity index (χ0v) is 15.7. The molecule has 0 aromatic heterocycles. The molecule has 5 heteroatoms. The van der Waals surface area contributed by atoms with Crippen molar-refractivity contribution in [1.29, 1.82) is 0 Å². The Morgan fingerprint density at radius 1 is 1.12 bits per heavy atom. The summed E-state index contributed by atoms with van der Waals surface area (Å²) in [7, 11) is 1.74. The number of anilines is 1. The van der Waals surface area contributed by atoms with Crippen LogP contribution in [0.4, 0.5) is 5.69 Å². The average molecular weight is 356 g/mol. The maximum atomic E-state index is 12.9. The van der Waals surface area contributed by atoms with E-state index >= 15 is 0 Å². The molecule has 1 atom stereocenters. The third kappa shape index (κ3) is 5.36. The highest BCUT2D eigenvalue weighted by Crippen LogP contribution is 2.14. The fourth-order valence-electron chi connectivity index (χ4n) is 2.53. The molecule has 0 unspecified atom stereocenters. The minimum Gasteiger partial charge on any atom is -0.340 e. The van der Waals surface area contributed by atoms with Crippen LogP contribution in [0.15, 0.2) is 54.6 Å². The van der Waals surface area contributed by atoms with Gasteiger partial charge in [-0.15, -0.1) is 0 Å². The van der Waals surface area contributed by atoms with Gasteiger partial charge >= 0.3 is 0 Å². The fraction of sp³-hybridized carbons (Fsp3) is 0.300. The zero-order valence-electron chi connectivity index (χ0n) is 14.9. The van der Waals surface area contributed by atoms with Crippen LogP contribution in [0.1, 0.15) is 22.3 Å². The highest BCUT2D eigenvalue weighted by atomic mass is 32.2. The molecule has 0 aliphatic rings. The van der Waals surface area contributed by atoms with Gasteiger partial charge in [0.1, 0.15) is 6.04 Å². The Bertz CT molecular complexity index is 719. The van der Waals surface area contributed by atoms with Crippen LogP contribution < -0.4 is 10.2 Å². The summed E-state index contributed by atoms with van der Waals surface area (Å²) in [4.78, 5) is 27.0. The molecule has 0 aliphatic carbocycles. The fourth-order valence-corrected chi connectivity index (χ4v) is 3.00. The molecule has 25 heavy (non-hydrogen) atoms. The quantitative estimate of drug-likeness (QED) is 0.826. The third-order valence-corrected chi connectivity index (χ3v) is 4.61. The van der Waals surface area contributed by atoms with Gasteiger partial charge in [-0.25, -0.2) is 0 Å². The molecule has 2 aromatic rings. The van der Waals surface area contributed by atoms with E-state index in [0.29, 0.717) is 12.0 Å². The number of benzene rings is 2. The summed E-state index contributed by atoms with van der Waals surface area (Å²) in [6.45, 7) is 1.94. The summed E-state index contributed by atoms with van der Waals surface area (Å²) in [5, 5.41) is 2.90. The van der Waals surface area contributed by atoms with Crippen LogP contribution in [0.25, 0.3) is 0 Å². The monoisotopic (exact) mass is 356 g/mol. The number of rotatable bonds is 7. The van der Waals surface area contributed by atoms with E-state index < -0.39 is 6.04 Å². The molecule has 2 aromatic carbocycles. The van der Waals surface area contributed by atoms with Crippen molar-refractivity contribution in [1.82, 2.24) is 5.32 Å². The SMILES string of the molecule is CSCC[C@@H](NC(=O)c1cccc(C)c1)C(=O)N(C)c1ccccc1. The summed E-state index contributed by atoms with van der Waals surface area (Å²) in [5.41, 5.74) is 2.40. The number of carbonyl (C=O) groups excluding carboxylic acids is 2. The van der Waals surface area contributed by atoms with E-state index in [4.69, 9.17) is 0 Å². The van der Waals surface area contributed by atoms with Crippen LogP contribution in [-0.4, -0.2) is 36.9 Å². The summed E-state index contributed by atoms with van der Waals surface area (Å²) < 4.78 is 0. The van der Waals surface area contributed by atoms with Crippen LogP contribution in [0.5, 0.6) is 0 Å². The second-order valence-electron chi connectivity index (χ2n) is 5.91. The van der Waals surface area contributed by atoms with Gasteiger partial charge in [0.15, 0.2) is 0 Å². The lowest BCUT2D eigenvalue weighted by Gasteiger charge is -2.24. The highest BCUT2D eigenvalue weighted by molar-refractivity contribution is 7.98. The summed E-state index contributed by atoms with van der Waals surface area (Å²) >= 11 is 1.66. The number of hydrogen-bond acceptors (Lipinski definition) is 3. The van der Waals surface area contributed by atoms with E-state index in [-0.39, 0.29) is 11.8 Å². The molecular weight excluding hydrogens is 332 g/mol. The number of aryl methyl sites for hydroxylation is 1. The molecule has 2 amide bonds. The van der Waals surface area contributed by atoms with Gasteiger partial charge in [-0.1, -0.05) is 35.9 Å². The van der Waals surface area contributed by atoms with Crippen molar-refractivity contribution in [3.8, 4) is 0 Å². The van der Waals surface area contributed by atoms with Crippen molar-refractivity contribution in [2.75, 3.05) is 24.0 Å². The Kier molecular flexibility index (Phi) is 7.07. The minimum absolute atomic E-state index is 0.110. The van der Waals surface area contributed by atoms with E-state index in [1.165, 1.54) is 0 Å². The van der Waals surface area contributed by atoms with Crippen LogP contribution >= 0.6 is 11.8 Å². The number of hydrogen-bond donors (Lipinski definition) is 1. The van der Waals surface area contributed by atoms with E-state index in [9.17, 15) is 9.59 Å². The molecule has 1 N–H and O–H groups in total. The molecule has 0 saturated heterocycles. The summed E-state index contributed by atoms with van der Waals surface area (Å²) in [6.07, 6.45) is 2.58. The first kappa shape index (κ1) is 19.1. The first-order valence-electron chi connectivity index (χ1n) is 8.22. The lowest BCUT2D eigenvalue weighted by atomic mass is 10.1. The summed E-state index contributed by atoms with van der Waals surface area (Å²) in [6, 6.07) is 16.3. The molecule has 0 spiro atoms. The number of amides is 2.